The summed E-state index contributed by atoms with van der Waals surface area (Å²) in [4.78, 5) is 5.34. The van der Waals surface area contributed by atoms with Crippen LogP contribution < -0.4 is 0 Å². The lowest BCUT2D eigenvalue weighted by atomic mass is 10.3. The Kier molecular flexibility index (Phi) is 1.17. The van der Waals surface area contributed by atoms with Gasteiger partial charge in [0.25, 0.3) is 0 Å². The summed E-state index contributed by atoms with van der Waals surface area (Å²) in [5, 5.41) is 1.17. The van der Waals surface area contributed by atoms with Crippen LogP contribution in [0, 0.1) is 6.92 Å². The van der Waals surface area contributed by atoms with Crippen molar-refractivity contribution in [2.45, 2.75) is 6.92 Å². The van der Waals surface area contributed by atoms with Crippen LogP contribution in [0.15, 0.2) is 18.3 Å². The molecular weight excluding hydrogens is 144 g/mol. The van der Waals surface area contributed by atoms with Gasteiger partial charge in [-0.15, -0.1) is 0 Å². The zero-order valence-corrected chi connectivity index (χ0v) is 6.35. The van der Waals surface area contributed by atoms with Crippen LogP contribution in [0.1, 0.15) is 4.88 Å². The van der Waals surface area contributed by atoms with Gasteiger partial charge in [-0.2, -0.15) is 4.37 Å². The van der Waals surface area contributed by atoms with Crippen molar-refractivity contribution in [2.75, 3.05) is 0 Å². The SMILES string of the molecule is Cc1snc2ncccc12. The van der Waals surface area contributed by atoms with Crippen molar-refractivity contribution < 1.29 is 0 Å². The molecule has 50 valence electrons. The summed E-state index contributed by atoms with van der Waals surface area (Å²) in [6.45, 7) is 2.06. The van der Waals surface area contributed by atoms with Crippen LogP contribution >= 0.6 is 11.5 Å². The number of pyridine rings is 1. The van der Waals surface area contributed by atoms with Crippen LogP contribution in [0.2, 0.25) is 0 Å². The van der Waals surface area contributed by atoms with E-state index in [1.54, 1.807) is 6.20 Å². The van der Waals surface area contributed by atoms with Gasteiger partial charge in [-0.1, -0.05) is 0 Å². The first-order chi connectivity index (χ1) is 4.88. The third kappa shape index (κ3) is 0.708. The largest absolute Gasteiger partial charge is 0.236 e. The number of aryl methyl sites for hydroxylation is 1. The van der Waals surface area contributed by atoms with Gasteiger partial charge in [0, 0.05) is 16.5 Å². The Bertz CT molecular complexity index is 353. The van der Waals surface area contributed by atoms with Crippen molar-refractivity contribution in [1.29, 1.82) is 0 Å². The molecule has 0 atom stereocenters. The van der Waals surface area contributed by atoms with Crippen LogP contribution in [0.3, 0.4) is 0 Å². The van der Waals surface area contributed by atoms with Crippen molar-refractivity contribution in [2.24, 2.45) is 0 Å². The van der Waals surface area contributed by atoms with Crippen molar-refractivity contribution in [3.63, 3.8) is 0 Å². The first kappa shape index (κ1) is 5.80. The summed E-state index contributed by atoms with van der Waals surface area (Å²) >= 11 is 1.51. The van der Waals surface area contributed by atoms with Gasteiger partial charge in [-0.05, 0) is 30.6 Å². The Morgan fingerprint density at radius 2 is 2.40 bits per heavy atom. The number of hydrogen-bond donors (Lipinski definition) is 0. The van der Waals surface area contributed by atoms with E-state index in [-0.39, 0.29) is 0 Å². The second-order valence-electron chi connectivity index (χ2n) is 2.11. The molecule has 0 unspecified atom stereocenters. The van der Waals surface area contributed by atoms with Gasteiger partial charge in [0.15, 0.2) is 5.65 Å². The van der Waals surface area contributed by atoms with Crippen LogP contribution in [0.5, 0.6) is 0 Å². The molecule has 0 fully saturated rings. The molecule has 0 aromatic carbocycles. The molecule has 3 heteroatoms. The Hall–Kier alpha value is -0.960. The van der Waals surface area contributed by atoms with E-state index in [0.29, 0.717) is 0 Å². The van der Waals surface area contributed by atoms with E-state index in [1.807, 2.05) is 12.1 Å². The Balaban J connectivity index is 2.93. The van der Waals surface area contributed by atoms with Gasteiger partial charge in [0.05, 0.1) is 0 Å². The lowest BCUT2D eigenvalue weighted by Gasteiger charge is -1.83. The molecule has 2 aromatic heterocycles. The van der Waals surface area contributed by atoms with Gasteiger partial charge in [0.1, 0.15) is 0 Å². The first-order valence-electron chi connectivity index (χ1n) is 3.05. The van der Waals surface area contributed by atoms with Gasteiger partial charge in [0.2, 0.25) is 0 Å². The fourth-order valence-corrected chi connectivity index (χ4v) is 1.53. The number of nitrogens with zero attached hydrogens (tertiary/aromatic N) is 2. The molecule has 0 aliphatic heterocycles. The van der Waals surface area contributed by atoms with Crippen LogP contribution in [0.25, 0.3) is 11.0 Å². The summed E-state index contributed by atoms with van der Waals surface area (Å²) in [6, 6.07) is 3.98. The predicted octanol–water partition coefficient (Wildman–Crippen LogP) is 2.00. The maximum atomic E-state index is 4.15. The average molecular weight is 150 g/mol. The van der Waals surface area contributed by atoms with Crippen molar-refractivity contribution in [3.05, 3.63) is 23.2 Å². The molecule has 2 nitrogen and oxygen atoms in total. The molecule has 0 bridgehead atoms. The third-order valence-corrected chi connectivity index (χ3v) is 2.19. The number of rotatable bonds is 0. The topological polar surface area (TPSA) is 25.8 Å². The highest BCUT2D eigenvalue weighted by atomic mass is 32.1. The van der Waals surface area contributed by atoms with Crippen LogP contribution in [0.4, 0.5) is 0 Å². The van der Waals surface area contributed by atoms with Crippen LogP contribution in [-0.2, 0) is 0 Å². The lowest BCUT2D eigenvalue weighted by Crippen LogP contribution is -1.72. The van der Waals surface area contributed by atoms with E-state index < -0.39 is 0 Å². The van der Waals surface area contributed by atoms with E-state index in [9.17, 15) is 0 Å². The minimum atomic E-state index is 0.866. The lowest BCUT2D eigenvalue weighted by molar-refractivity contribution is 1.37. The Morgan fingerprint density at radius 1 is 1.50 bits per heavy atom. The van der Waals surface area contributed by atoms with E-state index in [2.05, 4.69) is 16.3 Å². The van der Waals surface area contributed by atoms with E-state index in [4.69, 9.17) is 0 Å². The molecule has 0 saturated carbocycles. The number of hydrogen-bond acceptors (Lipinski definition) is 3. The van der Waals surface area contributed by atoms with Gasteiger partial charge >= 0.3 is 0 Å². The molecule has 2 heterocycles. The summed E-state index contributed by atoms with van der Waals surface area (Å²) < 4.78 is 4.15. The summed E-state index contributed by atoms with van der Waals surface area (Å²) in [6.07, 6.45) is 1.77. The smallest absolute Gasteiger partial charge is 0.172 e. The fourth-order valence-electron chi connectivity index (χ4n) is 0.905. The molecular formula is C7H6N2S. The molecule has 0 amide bonds. The summed E-state index contributed by atoms with van der Waals surface area (Å²) in [5.74, 6) is 0. The van der Waals surface area contributed by atoms with Crippen molar-refractivity contribution in [3.8, 4) is 0 Å². The summed E-state index contributed by atoms with van der Waals surface area (Å²) in [5.41, 5.74) is 0.866. The van der Waals surface area contributed by atoms with E-state index >= 15 is 0 Å². The molecule has 10 heavy (non-hydrogen) atoms. The predicted molar refractivity (Wildman–Crippen MR) is 42.2 cm³/mol. The van der Waals surface area contributed by atoms with Crippen molar-refractivity contribution in [1.82, 2.24) is 9.36 Å². The maximum Gasteiger partial charge on any atom is 0.172 e. The molecule has 0 N–H and O–H groups in total. The summed E-state index contributed by atoms with van der Waals surface area (Å²) in [7, 11) is 0. The van der Waals surface area contributed by atoms with Gasteiger partial charge in [-0.25, -0.2) is 4.98 Å². The molecule has 0 spiro atoms. The molecule has 2 rings (SSSR count). The van der Waals surface area contributed by atoms with E-state index in [1.165, 1.54) is 21.8 Å². The van der Waals surface area contributed by atoms with Crippen molar-refractivity contribution >= 4 is 22.6 Å². The average Bonchev–Trinajstić information content (AvgIpc) is 2.34. The maximum absolute atomic E-state index is 4.15. The van der Waals surface area contributed by atoms with Gasteiger partial charge < -0.3 is 0 Å². The molecule has 2 aromatic rings. The Labute approximate surface area is 62.7 Å². The fraction of sp³-hybridized carbons (Fsp3) is 0.143. The number of aromatic nitrogens is 2. The molecule has 0 aliphatic carbocycles. The first-order valence-corrected chi connectivity index (χ1v) is 3.82. The van der Waals surface area contributed by atoms with Crippen LogP contribution in [-0.4, -0.2) is 9.36 Å². The van der Waals surface area contributed by atoms with E-state index in [0.717, 1.165) is 5.65 Å². The number of fused-ring (bicyclic) bond motifs is 1. The molecule has 0 saturated heterocycles. The highest BCUT2D eigenvalue weighted by Crippen LogP contribution is 2.17. The molecule has 0 radical (unpaired) electrons. The standard InChI is InChI=1S/C7H6N2S/c1-5-6-3-2-4-8-7(6)9-10-5/h2-4H,1H3. The van der Waals surface area contributed by atoms with Gasteiger partial charge in [-0.3, -0.25) is 0 Å². The quantitative estimate of drug-likeness (QED) is 0.574. The second-order valence-corrected chi connectivity index (χ2v) is 3.09. The highest BCUT2D eigenvalue weighted by molar-refractivity contribution is 7.07. The third-order valence-electron chi connectivity index (χ3n) is 1.44. The monoisotopic (exact) mass is 150 g/mol. The zero-order chi connectivity index (χ0) is 6.97. The zero-order valence-electron chi connectivity index (χ0n) is 5.53. The Morgan fingerprint density at radius 3 is 3.20 bits per heavy atom. The second kappa shape index (κ2) is 2.02. The highest BCUT2D eigenvalue weighted by Gasteiger charge is 1.98. The normalized spacial score (nSPS) is 10.5. The molecule has 0 aliphatic rings. The minimum Gasteiger partial charge on any atom is -0.236 e. The minimum absolute atomic E-state index is 0.866.